The van der Waals surface area contributed by atoms with Crippen LogP contribution in [0.25, 0.3) is 0 Å². The number of carbonyl (C=O) groups is 1. The van der Waals surface area contributed by atoms with Crippen LogP contribution < -0.4 is 0 Å². The Morgan fingerprint density at radius 2 is 1.96 bits per heavy atom. The maximum atomic E-state index is 12.3. The molecule has 2 aliphatic heterocycles. The summed E-state index contributed by atoms with van der Waals surface area (Å²) in [4.78, 5) is 14.3. The molecule has 1 unspecified atom stereocenters. The molecule has 0 aliphatic carbocycles. The van der Waals surface area contributed by atoms with Gasteiger partial charge in [0.25, 0.3) is 0 Å². The van der Waals surface area contributed by atoms with Crippen molar-refractivity contribution < 1.29 is 19.0 Å². The van der Waals surface area contributed by atoms with Gasteiger partial charge in [0.05, 0.1) is 31.5 Å². The molecule has 2 saturated heterocycles. The van der Waals surface area contributed by atoms with Crippen molar-refractivity contribution in [3.63, 3.8) is 0 Å². The van der Waals surface area contributed by atoms with E-state index in [2.05, 4.69) is 26.0 Å². The van der Waals surface area contributed by atoms with Crippen LogP contribution in [-0.4, -0.2) is 55.4 Å². The molecule has 0 radical (unpaired) electrons. The highest BCUT2D eigenvalue weighted by Gasteiger charge is 2.41. The van der Waals surface area contributed by atoms with E-state index in [0.29, 0.717) is 32.2 Å². The number of hydrogen-bond donors (Lipinski definition) is 0. The summed E-state index contributed by atoms with van der Waals surface area (Å²) in [6, 6.07) is 10.2. The summed E-state index contributed by atoms with van der Waals surface area (Å²) in [5.41, 5.74) is 1.08. The lowest BCUT2D eigenvalue weighted by molar-refractivity contribution is -0.163. The van der Waals surface area contributed by atoms with Gasteiger partial charge in [-0.25, -0.2) is 0 Å². The lowest BCUT2D eigenvalue weighted by Gasteiger charge is -2.46. The summed E-state index contributed by atoms with van der Waals surface area (Å²) in [5.74, 6) is 0.695. The molecule has 1 spiro atoms. The Labute approximate surface area is 169 Å². The van der Waals surface area contributed by atoms with Crippen LogP contribution in [0.4, 0.5) is 0 Å². The number of benzene rings is 1. The molecule has 1 aromatic carbocycles. The zero-order chi connectivity index (χ0) is 19.8. The highest BCUT2D eigenvalue weighted by Crippen LogP contribution is 2.36. The molecular weight excluding hydrogens is 354 g/mol. The minimum absolute atomic E-state index is 0.109. The number of ether oxygens (including phenoxy) is 3. The zero-order valence-electron chi connectivity index (χ0n) is 17.4. The summed E-state index contributed by atoms with van der Waals surface area (Å²) in [6.07, 6.45) is 4.58. The molecule has 1 amide bonds. The van der Waals surface area contributed by atoms with Crippen LogP contribution in [0.3, 0.4) is 0 Å². The van der Waals surface area contributed by atoms with Gasteiger partial charge in [-0.3, -0.25) is 4.79 Å². The van der Waals surface area contributed by atoms with Gasteiger partial charge in [0.2, 0.25) is 5.91 Å². The van der Waals surface area contributed by atoms with Crippen LogP contribution in [0.5, 0.6) is 0 Å². The van der Waals surface area contributed by atoms with E-state index in [4.69, 9.17) is 14.2 Å². The van der Waals surface area contributed by atoms with Crippen LogP contribution in [0.1, 0.15) is 51.5 Å². The van der Waals surface area contributed by atoms with Gasteiger partial charge in [0, 0.05) is 32.5 Å². The maximum absolute atomic E-state index is 12.3. The number of rotatable bonds is 8. The Bertz CT molecular complexity index is 596. The van der Waals surface area contributed by atoms with Crippen molar-refractivity contribution in [2.45, 2.75) is 64.3 Å². The third-order valence-electron chi connectivity index (χ3n) is 5.75. The first-order chi connectivity index (χ1) is 13.6. The highest BCUT2D eigenvalue weighted by atomic mass is 16.5. The first kappa shape index (κ1) is 21.3. The average molecular weight is 390 g/mol. The molecule has 0 aromatic heterocycles. The lowest BCUT2D eigenvalue weighted by Crippen LogP contribution is -2.52. The molecule has 5 nitrogen and oxygen atoms in total. The van der Waals surface area contributed by atoms with E-state index in [9.17, 15) is 4.79 Å². The van der Waals surface area contributed by atoms with Crippen LogP contribution in [0, 0.1) is 5.92 Å². The fraction of sp³-hybridized carbons (Fsp3) is 0.696. The third kappa shape index (κ3) is 6.29. The average Bonchev–Trinajstić information content (AvgIpc) is 2.69. The molecule has 2 fully saturated rings. The topological polar surface area (TPSA) is 48.0 Å². The van der Waals surface area contributed by atoms with Crippen LogP contribution >= 0.6 is 0 Å². The van der Waals surface area contributed by atoms with Crippen LogP contribution in [-0.2, 0) is 25.6 Å². The minimum Gasteiger partial charge on any atom is -0.376 e. The Morgan fingerprint density at radius 1 is 1.21 bits per heavy atom. The molecular formula is C23H35NO4. The predicted molar refractivity (Wildman–Crippen MR) is 109 cm³/mol. The number of hydrogen-bond acceptors (Lipinski definition) is 4. The summed E-state index contributed by atoms with van der Waals surface area (Å²) in [5, 5.41) is 0. The van der Waals surface area contributed by atoms with Crippen LogP contribution in [0.2, 0.25) is 0 Å². The second-order valence-electron chi connectivity index (χ2n) is 8.53. The largest absolute Gasteiger partial charge is 0.376 e. The lowest BCUT2D eigenvalue weighted by atomic mass is 9.83. The van der Waals surface area contributed by atoms with E-state index < -0.39 is 0 Å². The molecule has 1 aromatic rings. The van der Waals surface area contributed by atoms with E-state index in [1.807, 2.05) is 23.1 Å². The van der Waals surface area contributed by atoms with E-state index >= 15 is 0 Å². The monoisotopic (exact) mass is 389 g/mol. The van der Waals surface area contributed by atoms with Gasteiger partial charge < -0.3 is 19.1 Å². The predicted octanol–water partition coefficient (Wildman–Crippen LogP) is 3.81. The van der Waals surface area contributed by atoms with Gasteiger partial charge in [-0.1, -0.05) is 44.2 Å². The van der Waals surface area contributed by atoms with E-state index in [1.54, 1.807) is 0 Å². The summed E-state index contributed by atoms with van der Waals surface area (Å²) in [6.45, 7) is 8.40. The molecule has 0 saturated carbocycles. The van der Waals surface area contributed by atoms with Gasteiger partial charge in [-0.15, -0.1) is 0 Å². The van der Waals surface area contributed by atoms with Crippen molar-refractivity contribution >= 4 is 5.91 Å². The second-order valence-corrected chi connectivity index (χ2v) is 8.53. The summed E-state index contributed by atoms with van der Waals surface area (Å²) < 4.78 is 18.0. The molecule has 2 aliphatic rings. The number of carbonyl (C=O) groups excluding carboxylic acids is 1. The van der Waals surface area contributed by atoms with Gasteiger partial charge in [-0.2, -0.15) is 0 Å². The standard InChI is InChI=1S/C23H35NO4/c1-19(2)16-22(25)24-11-9-23(10-12-24)17-21(8-13-28-23)27-15-14-26-18-20-6-4-3-5-7-20/h3-7,19,21H,8-18H2,1-2H3. The molecule has 2 heterocycles. The van der Waals surface area contributed by atoms with Crippen LogP contribution in [0.15, 0.2) is 30.3 Å². The SMILES string of the molecule is CC(C)CC(=O)N1CCC2(CC1)CC(OCCOCc1ccccc1)CCO2. The minimum atomic E-state index is -0.109. The van der Waals surface area contributed by atoms with Crippen molar-refractivity contribution in [3.05, 3.63) is 35.9 Å². The van der Waals surface area contributed by atoms with Crippen molar-refractivity contribution in [1.82, 2.24) is 4.90 Å². The quantitative estimate of drug-likeness (QED) is 0.635. The number of nitrogens with zero attached hydrogens (tertiary/aromatic N) is 1. The zero-order valence-corrected chi connectivity index (χ0v) is 17.4. The first-order valence-corrected chi connectivity index (χ1v) is 10.7. The van der Waals surface area contributed by atoms with Gasteiger partial charge in [-0.05, 0) is 30.7 Å². The first-order valence-electron chi connectivity index (χ1n) is 10.7. The van der Waals surface area contributed by atoms with Gasteiger partial charge in [0.15, 0.2) is 0 Å². The molecule has 1 atom stereocenters. The molecule has 3 rings (SSSR count). The highest BCUT2D eigenvalue weighted by molar-refractivity contribution is 5.76. The molecule has 156 valence electrons. The second kappa shape index (κ2) is 10.4. The smallest absolute Gasteiger partial charge is 0.222 e. The molecule has 0 N–H and O–H groups in total. The van der Waals surface area contributed by atoms with E-state index in [0.717, 1.165) is 45.4 Å². The van der Waals surface area contributed by atoms with Gasteiger partial charge >= 0.3 is 0 Å². The van der Waals surface area contributed by atoms with Gasteiger partial charge in [0.1, 0.15) is 0 Å². The summed E-state index contributed by atoms with van der Waals surface area (Å²) >= 11 is 0. The van der Waals surface area contributed by atoms with E-state index in [1.165, 1.54) is 5.56 Å². The molecule has 28 heavy (non-hydrogen) atoms. The van der Waals surface area contributed by atoms with Crippen molar-refractivity contribution in [3.8, 4) is 0 Å². The Balaban J connectivity index is 1.35. The Hall–Kier alpha value is -1.43. The molecule has 5 heteroatoms. The fourth-order valence-corrected chi connectivity index (χ4v) is 4.15. The van der Waals surface area contributed by atoms with Crippen molar-refractivity contribution in [2.24, 2.45) is 5.92 Å². The maximum Gasteiger partial charge on any atom is 0.222 e. The summed E-state index contributed by atoms with van der Waals surface area (Å²) in [7, 11) is 0. The van der Waals surface area contributed by atoms with Crippen molar-refractivity contribution in [1.29, 1.82) is 0 Å². The molecule has 0 bridgehead atoms. The van der Waals surface area contributed by atoms with E-state index in [-0.39, 0.29) is 17.6 Å². The third-order valence-corrected chi connectivity index (χ3v) is 5.75. The number of amides is 1. The Morgan fingerprint density at radius 3 is 2.68 bits per heavy atom. The Kier molecular flexibility index (Phi) is 7.89. The number of piperidine rings is 1. The van der Waals surface area contributed by atoms with Crippen molar-refractivity contribution in [2.75, 3.05) is 32.9 Å². The number of likely N-dealkylation sites (tertiary alicyclic amines) is 1. The normalized spacial score (nSPS) is 22.0. The fourth-order valence-electron chi connectivity index (χ4n) is 4.15.